The number of hydrogen-bond donors (Lipinski definition) is 0. The predicted octanol–water partition coefficient (Wildman–Crippen LogP) is 4.65. The summed E-state index contributed by atoms with van der Waals surface area (Å²) in [6.07, 6.45) is 4.50. The summed E-state index contributed by atoms with van der Waals surface area (Å²) >= 11 is 5.93. The summed E-state index contributed by atoms with van der Waals surface area (Å²) in [5.74, 6) is 3.27. The summed E-state index contributed by atoms with van der Waals surface area (Å²) in [6, 6.07) is 6.10. The molecule has 1 aromatic carbocycles. The van der Waals surface area contributed by atoms with Crippen LogP contribution >= 0.6 is 11.6 Å². The van der Waals surface area contributed by atoms with E-state index in [1.807, 2.05) is 12.1 Å². The Balaban J connectivity index is 2.24. The molecule has 0 saturated heterocycles. The number of unbranched alkanes of at least 4 members (excludes halogenated alkanes) is 1. The molecule has 116 valence electrons. The summed E-state index contributed by atoms with van der Waals surface area (Å²) in [7, 11) is 1.69. The Kier molecular flexibility index (Phi) is 5.92. The minimum atomic E-state index is 0.595. The van der Waals surface area contributed by atoms with Gasteiger partial charge in [-0.3, -0.25) is 0 Å². The van der Waals surface area contributed by atoms with E-state index < -0.39 is 0 Å². The van der Waals surface area contributed by atoms with Gasteiger partial charge in [0.2, 0.25) is 0 Å². The van der Waals surface area contributed by atoms with Gasteiger partial charge < -0.3 is 9.30 Å². The van der Waals surface area contributed by atoms with Crippen LogP contribution in [-0.2, 0) is 13.0 Å². The highest BCUT2D eigenvalue weighted by atomic mass is 35.5. The lowest BCUT2D eigenvalue weighted by molar-refractivity contribution is 0.419. The van der Waals surface area contributed by atoms with E-state index in [1.54, 1.807) is 7.11 Å². The Morgan fingerprint density at radius 1 is 1.29 bits per heavy atom. The fourth-order valence-electron chi connectivity index (χ4n) is 2.68. The van der Waals surface area contributed by atoms with E-state index in [2.05, 4.69) is 24.5 Å². The van der Waals surface area contributed by atoms with Crippen LogP contribution in [0.5, 0.6) is 5.75 Å². The van der Waals surface area contributed by atoms with Gasteiger partial charge in [-0.2, -0.15) is 0 Å². The molecular weight excluding hydrogens is 284 g/mol. The number of benzene rings is 1. The normalized spacial score (nSPS) is 11.5. The highest BCUT2D eigenvalue weighted by molar-refractivity contribution is 6.17. The summed E-state index contributed by atoms with van der Waals surface area (Å²) in [5.41, 5.74) is 2.10. The molecule has 0 fully saturated rings. The molecule has 0 spiro atoms. The first-order valence-electron chi connectivity index (χ1n) is 7.75. The third-order valence-electron chi connectivity index (χ3n) is 3.77. The van der Waals surface area contributed by atoms with E-state index in [1.165, 1.54) is 19.3 Å². The maximum Gasteiger partial charge on any atom is 0.146 e. The van der Waals surface area contributed by atoms with Gasteiger partial charge in [0.15, 0.2) is 0 Å². The number of imidazole rings is 1. The van der Waals surface area contributed by atoms with E-state index in [0.29, 0.717) is 5.88 Å². The van der Waals surface area contributed by atoms with Crippen LogP contribution in [0.3, 0.4) is 0 Å². The molecule has 1 heterocycles. The van der Waals surface area contributed by atoms with Crippen molar-refractivity contribution in [2.75, 3.05) is 13.0 Å². The Labute approximate surface area is 132 Å². The van der Waals surface area contributed by atoms with E-state index in [4.69, 9.17) is 21.3 Å². The molecule has 4 heteroatoms. The summed E-state index contributed by atoms with van der Waals surface area (Å²) < 4.78 is 7.73. The van der Waals surface area contributed by atoms with Gasteiger partial charge in [-0.25, -0.2) is 4.98 Å². The second-order valence-corrected chi connectivity index (χ2v) is 6.21. The lowest BCUT2D eigenvalue weighted by atomic mass is 10.1. The Bertz CT molecular complexity index is 577. The van der Waals surface area contributed by atoms with Crippen LogP contribution in [0.15, 0.2) is 18.2 Å². The van der Waals surface area contributed by atoms with Crippen LogP contribution in [0.4, 0.5) is 0 Å². The highest BCUT2D eigenvalue weighted by Gasteiger charge is 2.13. The van der Waals surface area contributed by atoms with Gasteiger partial charge in [0, 0.05) is 18.8 Å². The number of halogens is 1. The van der Waals surface area contributed by atoms with Gasteiger partial charge in [0.05, 0.1) is 12.6 Å². The number of rotatable bonds is 8. The van der Waals surface area contributed by atoms with E-state index in [0.717, 1.165) is 41.5 Å². The molecule has 0 N–H and O–H groups in total. The Hall–Kier alpha value is -1.22. The number of nitrogens with zero attached hydrogens (tertiary/aromatic N) is 2. The van der Waals surface area contributed by atoms with Crippen molar-refractivity contribution in [2.45, 2.75) is 46.1 Å². The van der Waals surface area contributed by atoms with E-state index in [-0.39, 0.29) is 0 Å². The molecule has 3 nitrogen and oxygen atoms in total. The second-order valence-electron chi connectivity index (χ2n) is 5.84. The van der Waals surface area contributed by atoms with Crippen LogP contribution in [0.2, 0.25) is 0 Å². The third kappa shape index (κ3) is 3.91. The highest BCUT2D eigenvalue weighted by Crippen LogP contribution is 2.26. The smallest absolute Gasteiger partial charge is 0.146 e. The molecule has 0 radical (unpaired) electrons. The summed E-state index contributed by atoms with van der Waals surface area (Å²) in [4.78, 5) is 4.74. The molecule has 0 unspecified atom stereocenters. The number of alkyl halides is 1. The van der Waals surface area contributed by atoms with Gasteiger partial charge in [0.25, 0.3) is 0 Å². The second kappa shape index (κ2) is 7.69. The van der Waals surface area contributed by atoms with Crippen molar-refractivity contribution in [3.05, 3.63) is 24.0 Å². The molecule has 0 amide bonds. The van der Waals surface area contributed by atoms with Gasteiger partial charge in [-0.1, -0.05) is 32.8 Å². The molecule has 0 saturated carbocycles. The van der Waals surface area contributed by atoms with Gasteiger partial charge in [-0.15, -0.1) is 11.6 Å². The zero-order valence-corrected chi connectivity index (χ0v) is 14.0. The van der Waals surface area contributed by atoms with Crippen molar-refractivity contribution < 1.29 is 4.74 Å². The van der Waals surface area contributed by atoms with Crippen LogP contribution in [-0.4, -0.2) is 22.5 Å². The zero-order valence-electron chi connectivity index (χ0n) is 13.2. The molecule has 0 aliphatic heterocycles. The van der Waals surface area contributed by atoms with Crippen molar-refractivity contribution in [3.8, 4) is 5.75 Å². The lowest BCUT2D eigenvalue weighted by Gasteiger charge is -2.09. The zero-order chi connectivity index (χ0) is 15.2. The molecule has 2 aromatic rings. The Morgan fingerprint density at radius 2 is 2.10 bits per heavy atom. The van der Waals surface area contributed by atoms with Crippen LogP contribution in [0, 0.1) is 5.92 Å². The van der Waals surface area contributed by atoms with Crippen molar-refractivity contribution in [3.63, 3.8) is 0 Å². The van der Waals surface area contributed by atoms with Crippen LogP contribution < -0.4 is 4.74 Å². The molecule has 2 rings (SSSR count). The molecule has 0 aliphatic rings. The van der Waals surface area contributed by atoms with Crippen molar-refractivity contribution >= 4 is 22.6 Å². The molecule has 0 atom stereocenters. The SMILES string of the molecule is COc1cccc2c1nc(CCCl)n2CCCCC(C)C. The average molecular weight is 309 g/mol. The summed E-state index contributed by atoms with van der Waals surface area (Å²) in [6.45, 7) is 5.55. The van der Waals surface area contributed by atoms with Crippen molar-refractivity contribution in [1.82, 2.24) is 9.55 Å². The molecule has 1 aromatic heterocycles. The standard InChI is InChI=1S/C17H25ClN2O/c1-13(2)7-4-5-12-20-14-8-6-9-15(21-3)17(14)19-16(20)10-11-18/h6,8-9,13H,4-5,7,10-12H2,1-3H3. The van der Waals surface area contributed by atoms with Crippen LogP contribution in [0.25, 0.3) is 11.0 Å². The Morgan fingerprint density at radius 3 is 2.76 bits per heavy atom. The number of para-hydroxylation sites is 1. The first-order chi connectivity index (χ1) is 10.2. The number of methoxy groups -OCH3 is 1. The molecule has 0 bridgehead atoms. The molecule has 0 aliphatic carbocycles. The summed E-state index contributed by atoms with van der Waals surface area (Å²) in [5, 5.41) is 0. The minimum Gasteiger partial charge on any atom is -0.494 e. The van der Waals surface area contributed by atoms with Gasteiger partial charge >= 0.3 is 0 Å². The fraction of sp³-hybridized carbons (Fsp3) is 0.588. The number of fused-ring (bicyclic) bond motifs is 1. The average Bonchev–Trinajstić information content (AvgIpc) is 2.81. The number of hydrogen-bond acceptors (Lipinski definition) is 2. The maximum absolute atomic E-state index is 5.93. The van der Waals surface area contributed by atoms with Gasteiger partial charge in [0.1, 0.15) is 17.1 Å². The monoisotopic (exact) mass is 308 g/mol. The van der Waals surface area contributed by atoms with Gasteiger partial charge in [-0.05, 0) is 24.5 Å². The van der Waals surface area contributed by atoms with Crippen LogP contribution in [0.1, 0.15) is 38.9 Å². The predicted molar refractivity (Wildman–Crippen MR) is 89.4 cm³/mol. The molecular formula is C17H25ClN2O. The minimum absolute atomic E-state index is 0.595. The van der Waals surface area contributed by atoms with Crippen molar-refractivity contribution in [1.29, 1.82) is 0 Å². The van der Waals surface area contributed by atoms with Crippen molar-refractivity contribution in [2.24, 2.45) is 5.92 Å². The fourth-order valence-corrected chi connectivity index (χ4v) is 2.85. The quantitative estimate of drug-likeness (QED) is 0.524. The number of aryl methyl sites for hydroxylation is 2. The number of aromatic nitrogens is 2. The lowest BCUT2D eigenvalue weighted by Crippen LogP contribution is -2.05. The first-order valence-corrected chi connectivity index (χ1v) is 8.29. The third-order valence-corrected chi connectivity index (χ3v) is 3.96. The molecule has 21 heavy (non-hydrogen) atoms. The van der Waals surface area contributed by atoms with E-state index >= 15 is 0 Å². The topological polar surface area (TPSA) is 27.1 Å². The van der Waals surface area contributed by atoms with E-state index in [9.17, 15) is 0 Å². The maximum atomic E-state index is 5.93. The largest absolute Gasteiger partial charge is 0.494 e. The number of ether oxygens (including phenoxy) is 1. The first kappa shape index (κ1) is 16.2.